The first-order valence-electron chi connectivity index (χ1n) is 10.00. The van der Waals surface area contributed by atoms with E-state index in [4.69, 9.17) is 30.2 Å². The van der Waals surface area contributed by atoms with Crippen LogP contribution in [0.5, 0.6) is 17.2 Å². The molecule has 34 heavy (non-hydrogen) atoms. The highest BCUT2D eigenvalue weighted by molar-refractivity contribution is 6.29. The van der Waals surface area contributed by atoms with E-state index in [1.165, 1.54) is 37.3 Å². The minimum absolute atomic E-state index is 0.133. The van der Waals surface area contributed by atoms with Gasteiger partial charge < -0.3 is 18.6 Å². The summed E-state index contributed by atoms with van der Waals surface area (Å²) in [5, 5.41) is -1.23. The summed E-state index contributed by atoms with van der Waals surface area (Å²) in [6.45, 7) is 3.40. The number of rotatable bonds is 7. The molecule has 3 aromatic rings. The number of carbonyl (C=O) groups excluding carboxylic acids is 2. The van der Waals surface area contributed by atoms with Crippen LogP contribution in [0.3, 0.4) is 0 Å². The van der Waals surface area contributed by atoms with Gasteiger partial charge >= 0.3 is 18.1 Å². The Kier molecular flexibility index (Phi) is 7.51. The lowest BCUT2D eigenvalue weighted by Gasteiger charge is -2.14. The molecule has 1 unspecified atom stereocenters. The molecule has 1 aromatic heterocycles. The van der Waals surface area contributed by atoms with Crippen LogP contribution in [0, 0.1) is 0 Å². The van der Waals surface area contributed by atoms with Crippen LogP contribution in [0.25, 0.3) is 11.0 Å². The van der Waals surface area contributed by atoms with E-state index < -0.39 is 46.0 Å². The molecule has 0 aliphatic rings. The molecule has 0 aliphatic heterocycles. The molecule has 0 N–H and O–H groups in total. The third-order valence-electron chi connectivity index (χ3n) is 4.37. The SMILES string of the molecule is CCCOC(=O)c1ccc(Oc2c(C(F)(F)F)oc3cc(OC(=O)C(C)Cl)ccc3c2=O)cc1. The van der Waals surface area contributed by atoms with Crippen LogP contribution >= 0.6 is 11.6 Å². The highest BCUT2D eigenvalue weighted by Crippen LogP contribution is 2.38. The Morgan fingerprint density at radius 1 is 1.09 bits per heavy atom. The van der Waals surface area contributed by atoms with Gasteiger partial charge in [0.05, 0.1) is 17.6 Å². The second-order valence-electron chi connectivity index (χ2n) is 7.04. The number of ether oxygens (including phenoxy) is 3. The third kappa shape index (κ3) is 5.69. The predicted octanol–water partition coefficient (Wildman–Crippen LogP) is 5.70. The molecular formula is C23H18ClF3O7. The van der Waals surface area contributed by atoms with Gasteiger partial charge in [0.15, 0.2) is 0 Å². The zero-order valence-electron chi connectivity index (χ0n) is 17.9. The fourth-order valence-electron chi connectivity index (χ4n) is 2.75. The van der Waals surface area contributed by atoms with E-state index in [0.717, 1.165) is 12.1 Å². The van der Waals surface area contributed by atoms with Gasteiger partial charge in [0.25, 0.3) is 5.76 Å². The average Bonchev–Trinajstić information content (AvgIpc) is 2.78. The number of halogens is 4. The number of hydrogen-bond donors (Lipinski definition) is 0. The highest BCUT2D eigenvalue weighted by atomic mass is 35.5. The lowest BCUT2D eigenvalue weighted by molar-refractivity contribution is -0.154. The largest absolute Gasteiger partial charge is 0.462 e. The first kappa shape index (κ1) is 25.1. The zero-order chi connectivity index (χ0) is 25.0. The van der Waals surface area contributed by atoms with Crippen LogP contribution in [-0.2, 0) is 15.7 Å². The van der Waals surface area contributed by atoms with Crippen LogP contribution in [0.1, 0.15) is 36.4 Å². The molecule has 0 bridgehead atoms. The standard InChI is InChI=1S/C23H18ClF3O7/c1-3-10-31-22(30)13-4-6-14(7-5-13)32-19-18(28)16-9-8-15(33-21(29)12(2)24)11-17(16)34-20(19)23(25,26)27/h4-9,11-12H,3,10H2,1-2H3. The van der Waals surface area contributed by atoms with Crippen molar-refractivity contribution in [2.24, 2.45) is 0 Å². The van der Waals surface area contributed by atoms with Crippen molar-refractivity contribution in [1.82, 2.24) is 0 Å². The van der Waals surface area contributed by atoms with Gasteiger partial charge in [-0.15, -0.1) is 11.6 Å². The van der Waals surface area contributed by atoms with Crippen LogP contribution in [0.15, 0.2) is 51.7 Å². The first-order chi connectivity index (χ1) is 16.0. The number of benzene rings is 2. The quantitative estimate of drug-likeness (QED) is 0.234. The Hall–Kier alpha value is -3.53. The maximum absolute atomic E-state index is 13.7. The predicted molar refractivity (Wildman–Crippen MR) is 116 cm³/mol. The summed E-state index contributed by atoms with van der Waals surface area (Å²) in [6, 6.07) is 8.37. The van der Waals surface area contributed by atoms with Crippen molar-refractivity contribution < 1.29 is 41.4 Å². The number of alkyl halides is 4. The van der Waals surface area contributed by atoms with Crippen LogP contribution in [0.2, 0.25) is 0 Å². The molecule has 7 nitrogen and oxygen atoms in total. The average molecular weight is 499 g/mol. The molecule has 0 saturated heterocycles. The number of hydrogen-bond acceptors (Lipinski definition) is 7. The summed E-state index contributed by atoms with van der Waals surface area (Å²) in [7, 11) is 0. The summed E-state index contributed by atoms with van der Waals surface area (Å²) in [4.78, 5) is 36.4. The Labute approximate surface area is 196 Å². The topological polar surface area (TPSA) is 92.0 Å². The summed E-state index contributed by atoms with van der Waals surface area (Å²) < 4.78 is 61.2. The monoisotopic (exact) mass is 498 g/mol. The molecule has 3 rings (SSSR count). The molecular weight excluding hydrogens is 481 g/mol. The molecule has 1 atom stereocenters. The molecule has 11 heteroatoms. The minimum atomic E-state index is -5.08. The van der Waals surface area contributed by atoms with E-state index in [1.54, 1.807) is 0 Å². The van der Waals surface area contributed by atoms with Gasteiger partial charge in [0.1, 0.15) is 22.5 Å². The fourth-order valence-corrected chi connectivity index (χ4v) is 2.80. The number of fused-ring (bicyclic) bond motifs is 1. The third-order valence-corrected chi connectivity index (χ3v) is 4.55. The van der Waals surface area contributed by atoms with Crippen molar-refractivity contribution in [1.29, 1.82) is 0 Å². The summed E-state index contributed by atoms with van der Waals surface area (Å²) in [5.74, 6) is -4.48. The Balaban J connectivity index is 2.00. The van der Waals surface area contributed by atoms with E-state index in [0.29, 0.717) is 6.42 Å². The summed E-state index contributed by atoms with van der Waals surface area (Å²) in [6.07, 6.45) is -4.45. The molecule has 1 heterocycles. The van der Waals surface area contributed by atoms with Crippen LogP contribution < -0.4 is 14.9 Å². The Bertz CT molecular complexity index is 1260. The van der Waals surface area contributed by atoms with E-state index in [9.17, 15) is 27.6 Å². The van der Waals surface area contributed by atoms with Gasteiger partial charge in [-0.3, -0.25) is 9.59 Å². The molecule has 2 aromatic carbocycles. The molecule has 180 valence electrons. The summed E-state index contributed by atoms with van der Waals surface area (Å²) >= 11 is 5.61. The highest BCUT2D eigenvalue weighted by Gasteiger charge is 2.40. The fraction of sp³-hybridized carbons (Fsp3) is 0.261. The summed E-state index contributed by atoms with van der Waals surface area (Å²) in [5.41, 5.74) is -1.40. The second-order valence-corrected chi connectivity index (χ2v) is 7.70. The van der Waals surface area contributed by atoms with Gasteiger partial charge in [0.2, 0.25) is 11.2 Å². The van der Waals surface area contributed by atoms with Crippen molar-refractivity contribution in [2.75, 3.05) is 6.61 Å². The van der Waals surface area contributed by atoms with E-state index in [-0.39, 0.29) is 29.1 Å². The Morgan fingerprint density at radius 3 is 2.32 bits per heavy atom. The van der Waals surface area contributed by atoms with Crippen molar-refractivity contribution in [2.45, 2.75) is 31.8 Å². The molecule has 0 saturated carbocycles. The number of esters is 2. The maximum Gasteiger partial charge on any atom is 0.453 e. The van der Waals surface area contributed by atoms with Crippen molar-refractivity contribution in [3.05, 3.63) is 64.0 Å². The molecule has 0 spiro atoms. The normalized spacial score (nSPS) is 12.3. The van der Waals surface area contributed by atoms with Gasteiger partial charge in [0, 0.05) is 6.07 Å². The van der Waals surface area contributed by atoms with Crippen LogP contribution in [0.4, 0.5) is 13.2 Å². The minimum Gasteiger partial charge on any atom is -0.462 e. The van der Waals surface area contributed by atoms with Gasteiger partial charge in [-0.1, -0.05) is 6.92 Å². The lowest BCUT2D eigenvalue weighted by Crippen LogP contribution is -2.18. The van der Waals surface area contributed by atoms with Crippen LogP contribution in [-0.4, -0.2) is 23.9 Å². The van der Waals surface area contributed by atoms with Crippen molar-refractivity contribution in [3.63, 3.8) is 0 Å². The van der Waals surface area contributed by atoms with Gasteiger partial charge in [-0.2, -0.15) is 13.2 Å². The maximum atomic E-state index is 13.7. The first-order valence-corrected chi connectivity index (χ1v) is 10.4. The second kappa shape index (κ2) is 10.2. The molecule has 0 radical (unpaired) electrons. The van der Waals surface area contributed by atoms with E-state index in [2.05, 4.69) is 0 Å². The van der Waals surface area contributed by atoms with Crippen molar-refractivity contribution in [3.8, 4) is 17.2 Å². The molecule has 0 fully saturated rings. The smallest absolute Gasteiger partial charge is 0.453 e. The zero-order valence-corrected chi connectivity index (χ0v) is 18.7. The van der Waals surface area contributed by atoms with Gasteiger partial charge in [-0.25, -0.2) is 4.79 Å². The van der Waals surface area contributed by atoms with E-state index >= 15 is 0 Å². The van der Waals surface area contributed by atoms with Gasteiger partial charge in [-0.05, 0) is 49.7 Å². The lowest BCUT2D eigenvalue weighted by atomic mass is 10.2. The van der Waals surface area contributed by atoms with Crippen molar-refractivity contribution >= 4 is 34.5 Å². The van der Waals surface area contributed by atoms with E-state index in [1.807, 2.05) is 6.92 Å². The number of carbonyl (C=O) groups is 2. The molecule has 0 aliphatic carbocycles. The molecule has 0 amide bonds. The Morgan fingerprint density at radius 2 is 1.74 bits per heavy atom.